The Morgan fingerprint density at radius 1 is 1.91 bits per heavy atom. The minimum atomic E-state index is -0.586. The van der Waals surface area contributed by atoms with Gasteiger partial charge in [0.05, 0.1) is 0 Å². The highest BCUT2D eigenvalue weighted by Crippen LogP contribution is 2.05. The molecule has 1 aromatic rings. The first-order valence-corrected chi connectivity index (χ1v) is 2.72. The highest BCUT2D eigenvalue weighted by atomic mass is 16.6. The molecule has 0 N–H and O–H groups in total. The second-order valence-electron chi connectivity index (χ2n) is 1.71. The molecule has 0 aromatic carbocycles. The molecule has 0 spiro atoms. The minimum absolute atomic E-state index is 0.0658. The van der Waals surface area contributed by atoms with Gasteiger partial charge in [-0.15, -0.1) is 11.5 Å². The summed E-state index contributed by atoms with van der Waals surface area (Å²) in [6.45, 7) is 0.0658. The maximum Gasteiger partial charge on any atom is 0.366 e. The number of aromatic nitrogens is 3. The van der Waals surface area contributed by atoms with Crippen LogP contribution in [0.3, 0.4) is 0 Å². The van der Waals surface area contributed by atoms with Crippen LogP contribution in [-0.4, -0.2) is 19.9 Å². The zero-order valence-corrected chi connectivity index (χ0v) is 5.47. The van der Waals surface area contributed by atoms with E-state index in [9.17, 15) is 10.1 Å². The lowest BCUT2D eigenvalue weighted by molar-refractivity contribution is -0.392. The summed E-state index contributed by atoms with van der Waals surface area (Å²) in [6, 6.07) is 0. The summed E-state index contributed by atoms with van der Waals surface area (Å²) in [4.78, 5) is 9.61. The summed E-state index contributed by atoms with van der Waals surface area (Å²) in [5, 5.41) is 16.9. The standard InChI is InChI=1S/C5H4N4O2/c1-2-3-8-5(9(10)11)4-6-7-8/h1,4H,3H2. The molecule has 6 nitrogen and oxygen atoms in total. The van der Waals surface area contributed by atoms with Crippen LogP contribution in [0.4, 0.5) is 5.82 Å². The van der Waals surface area contributed by atoms with E-state index in [0.717, 1.165) is 10.9 Å². The van der Waals surface area contributed by atoms with Crippen LogP contribution < -0.4 is 0 Å². The Morgan fingerprint density at radius 3 is 3.18 bits per heavy atom. The van der Waals surface area contributed by atoms with Crippen molar-refractivity contribution < 1.29 is 4.92 Å². The molecule has 11 heavy (non-hydrogen) atoms. The van der Waals surface area contributed by atoms with Gasteiger partial charge in [0.15, 0.2) is 6.54 Å². The van der Waals surface area contributed by atoms with Gasteiger partial charge in [0.25, 0.3) is 0 Å². The maximum atomic E-state index is 10.2. The SMILES string of the molecule is C#CCn1nncc1[N+](=O)[O-]. The van der Waals surface area contributed by atoms with Gasteiger partial charge < -0.3 is 10.1 Å². The first-order valence-electron chi connectivity index (χ1n) is 2.72. The van der Waals surface area contributed by atoms with E-state index in [-0.39, 0.29) is 12.4 Å². The summed E-state index contributed by atoms with van der Waals surface area (Å²) >= 11 is 0. The molecule has 1 aromatic heterocycles. The van der Waals surface area contributed by atoms with Crippen LogP contribution in [0, 0.1) is 22.5 Å². The average molecular weight is 152 g/mol. The Hall–Kier alpha value is -1.90. The minimum Gasteiger partial charge on any atom is -0.358 e. The van der Waals surface area contributed by atoms with Crippen LogP contribution in [0.15, 0.2) is 6.20 Å². The van der Waals surface area contributed by atoms with Crippen molar-refractivity contribution in [1.82, 2.24) is 15.0 Å². The Balaban J connectivity index is 2.98. The molecule has 0 aliphatic carbocycles. The Labute approximate surface area is 62.0 Å². The number of rotatable bonds is 2. The molecule has 0 saturated carbocycles. The average Bonchev–Trinajstić information content (AvgIpc) is 2.36. The number of nitro groups is 1. The van der Waals surface area contributed by atoms with Crippen LogP contribution in [-0.2, 0) is 6.54 Å². The van der Waals surface area contributed by atoms with Crippen molar-refractivity contribution in [2.75, 3.05) is 0 Å². The first-order chi connectivity index (χ1) is 5.25. The predicted molar refractivity (Wildman–Crippen MR) is 35.5 cm³/mol. The lowest BCUT2D eigenvalue weighted by atomic mass is 10.6. The van der Waals surface area contributed by atoms with E-state index in [1.54, 1.807) is 0 Å². The molecule has 0 aliphatic rings. The van der Waals surface area contributed by atoms with E-state index in [0.29, 0.717) is 0 Å². The fourth-order valence-corrected chi connectivity index (χ4v) is 0.593. The van der Waals surface area contributed by atoms with Gasteiger partial charge in [0, 0.05) is 5.21 Å². The molecule has 0 fully saturated rings. The number of hydrogen-bond acceptors (Lipinski definition) is 4. The molecule has 1 rings (SSSR count). The van der Waals surface area contributed by atoms with Gasteiger partial charge in [-0.1, -0.05) is 10.6 Å². The Bertz CT molecular complexity index is 311. The monoisotopic (exact) mass is 152 g/mol. The molecule has 0 saturated heterocycles. The third-order valence-electron chi connectivity index (χ3n) is 1.03. The van der Waals surface area contributed by atoms with Gasteiger partial charge in [-0.25, -0.2) is 0 Å². The molecule has 0 bridgehead atoms. The van der Waals surface area contributed by atoms with Crippen LogP contribution in [0.1, 0.15) is 0 Å². The quantitative estimate of drug-likeness (QED) is 0.334. The Kier molecular flexibility index (Phi) is 1.83. The van der Waals surface area contributed by atoms with Crippen molar-refractivity contribution in [3.8, 4) is 12.3 Å². The molecular formula is C5H4N4O2. The first kappa shape index (κ1) is 7.21. The van der Waals surface area contributed by atoms with Crippen LogP contribution >= 0.6 is 0 Å². The number of hydrogen-bond donors (Lipinski definition) is 0. The smallest absolute Gasteiger partial charge is 0.358 e. The largest absolute Gasteiger partial charge is 0.366 e. The molecular weight excluding hydrogens is 148 g/mol. The van der Waals surface area contributed by atoms with Gasteiger partial charge in [-0.2, -0.15) is 0 Å². The zero-order chi connectivity index (χ0) is 8.27. The second kappa shape index (κ2) is 2.79. The van der Waals surface area contributed by atoms with E-state index in [2.05, 4.69) is 16.2 Å². The van der Waals surface area contributed by atoms with Crippen LogP contribution in [0.25, 0.3) is 0 Å². The van der Waals surface area contributed by atoms with Crippen LogP contribution in [0.2, 0.25) is 0 Å². The van der Waals surface area contributed by atoms with Gasteiger partial charge in [0.2, 0.25) is 0 Å². The molecule has 0 radical (unpaired) electrons. The summed E-state index contributed by atoms with van der Waals surface area (Å²) < 4.78 is 1.04. The maximum absolute atomic E-state index is 10.2. The highest BCUT2D eigenvalue weighted by molar-refractivity contribution is 5.12. The van der Waals surface area contributed by atoms with E-state index in [4.69, 9.17) is 6.42 Å². The molecule has 6 heteroatoms. The molecule has 1 heterocycles. The van der Waals surface area contributed by atoms with Crippen LogP contribution in [0.5, 0.6) is 0 Å². The fraction of sp³-hybridized carbons (Fsp3) is 0.200. The van der Waals surface area contributed by atoms with Gasteiger partial charge in [-0.05, 0) is 4.92 Å². The zero-order valence-electron chi connectivity index (χ0n) is 5.47. The van der Waals surface area contributed by atoms with Crippen molar-refractivity contribution >= 4 is 5.82 Å². The number of nitrogens with zero attached hydrogens (tertiary/aromatic N) is 4. The van der Waals surface area contributed by atoms with Crippen molar-refractivity contribution in [2.24, 2.45) is 0 Å². The fourth-order valence-electron chi connectivity index (χ4n) is 0.593. The van der Waals surface area contributed by atoms with E-state index in [1.807, 2.05) is 0 Å². The predicted octanol–water partition coefficient (Wildman–Crippen LogP) is -0.181. The lowest BCUT2D eigenvalue weighted by Gasteiger charge is -1.90. The molecule has 0 unspecified atom stereocenters. The summed E-state index contributed by atoms with van der Waals surface area (Å²) in [5.41, 5.74) is 0. The Morgan fingerprint density at radius 2 is 2.64 bits per heavy atom. The summed E-state index contributed by atoms with van der Waals surface area (Å²) in [5.74, 6) is 2.03. The summed E-state index contributed by atoms with van der Waals surface area (Å²) in [6.07, 6.45) is 5.98. The van der Waals surface area contributed by atoms with E-state index >= 15 is 0 Å². The van der Waals surface area contributed by atoms with Crippen molar-refractivity contribution in [3.05, 3.63) is 16.3 Å². The number of terminal acetylenes is 1. The topological polar surface area (TPSA) is 73.8 Å². The normalized spacial score (nSPS) is 9.00. The third kappa shape index (κ3) is 1.32. The second-order valence-corrected chi connectivity index (χ2v) is 1.71. The van der Waals surface area contributed by atoms with Gasteiger partial charge >= 0.3 is 5.82 Å². The van der Waals surface area contributed by atoms with Crippen molar-refractivity contribution in [3.63, 3.8) is 0 Å². The van der Waals surface area contributed by atoms with Crippen molar-refractivity contribution in [2.45, 2.75) is 6.54 Å². The summed E-state index contributed by atoms with van der Waals surface area (Å²) in [7, 11) is 0. The molecule has 0 aliphatic heterocycles. The lowest BCUT2D eigenvalue weighted by Crippen LogP contribution is -2.03. The van der Waals surface area contributed by atoms with Gasteiger partial charge in [0.1, 0.15) is 6.20 Å². The van der Waals surface area contributed by atoms with E-state index < -0.39 is 4.92 Å². The third-order valence-corrected chi connectivity index (χ3v) is 1.03. The van der Waals surface area contributed by atoms with Crippen molar-refractivity contribution in [1.29, 1.82) is 0 Å². The molecule has 0 amide bonds. The molecule has 56 valence electrons. The van der Waals surface area contributed by atoms with E-state index in [1.165, 1.54) is 0 Å². The van der Waals surface area contributed by atoms with Gasteiger partial charge in [-0.3, -0.25) is 0 Å². The highest BCUT2D eigenvalue weighted by Gasteiger charge is 2.12. The molecule has 0 atom stereocenters.